The molecule has 0 aliphatic carbocycles. The lowest BCUT2D eigenvalue weighted by Gasteiger charge is -2.11. The van der Waals surface area contributed by atoms with E-state index in [1.807, 2.05) is 5.32 Å². The van der Waals surface area contributed by atoms with Crippen LogP contribution in [0.4, 0.5) is 10.5 Å². The molecule has 27 heavy (non-hydrogen) atoms. The number of esters is 1. The van der Waals surface area contributed by atoms with Crippen LogP contribution in [0, 0.1) is 0 Å². The van der Waals surface area contributed by atoms with Crippen molar-refractivity contribution in [3.63, 3.8) is 0 Å². The fraction of sp³-hybridized carbons (Fsp3) is 0.158. The van der Waals surface area contributed by atoms with Crippen LogP contribution < -0.4 is 10.6 Å². The van der Waals surface area contributed by atoms with Crippen LogP contribution in [0.2, 0.25) is 0 Å². The summed E-state index contributed by atoms with van der Waals surface area (Å²) in [5.41, 5.74) is 0.738. The molecule has 0 spiro atoms. The average Bonchev–Trinajstić information content (AvgIpc) is 2.67. The number of nitrogens with one attached hydrogen (secondary N) is 2. The average molecular weight is 370 g/mol. The molecule has 0 aliphatic heterocycles. The van der Waals surface area contributed by atoms with Crippen LogP contribution in [0.1, 0.15) is 27.6 Å². The second kappa shape index (κ2) is 9.71. The molecule has 0 atom stereocenters. The van der Waals surface area contributed by atoms with Gasteiger partial charge in [-0.1, -0.05) is 30.3 Å². The molecule has 8 nitrogen and oxygen atoms in total. The first-order valence-electron chi connectivity index (χ1n) is 8.10. The fourth-order valence-corrected chi connectivity index (χ4v) is 2.08. The van der Waals surface area contributed by atoms with Gasteiger partial charge in [0.1, 0.15) is 0 Å². The zero-order valence-electron chi connectivity index (χ0n) is 14.6. The summed E-state index contributed by atoms with van der Waals surface area (Å²) in [6.07, 6.45) is -0.922. The number of carbonyl (C=O) groups is 4. The molecule has 0 unspecified atom stereocenters. The molecule has 0 aromatic heterocycles. The summed E-state index contributed by atoms with van der Waals surface area (Å²) in [6, 6.07) is 14.7. The first-order chi connectivity index (χ1) is 13.0. The van der Waals surface area contributed by atoms with E-state index in [0.29, 0.717) is 5.56 Å². The number of hydrogen-bond acceptors (Lipinski definition) is 6. The number of benzene rings is 2. The van der Waals surface area contributed by atoms with Crippen molar-refractivity contribution in [1.29, 1.82) is 0 Å². The molecule has 2 aromatic rings. The molecular weight excluding hydrogens is 352 g/mol. The van der Waals surface area contributed by atoms with Crippen LogP contribution in [0.15, 0.2) is 54.6 Å². The number of carbonyl (C=O) groups excluding carboxylic acids is 4. The number of alkyl carbamates (subject to hydrolysis) is 1. The predicted molar refractivity (Wildman–Crippen MR) is 96.3 cm³/mol. The van der Waals surface area contributed by atoms with Gasteiger partial charge in [-0.2, -0.15) is 0 Å². The maximum absolute atomic E-state index is 12.3. The zero-order valence-corrected chi connectivity index (χ0v) is 14.6. The summed E-state index contributed by atoms with van der Waals surface area (Å²) in [5, 5.41) is 4.54. The van der Waals surface area contributed by atoms with Gasteiger partial charge in [-0.3, -0.25) is 14.9 Å². The highest BCUT2D eigenvalue weighted by Crippen LogP contribution is 2.17. The summed E-state index contributed by atoms with van der Waals surface area (Å²) < 4.78 is 9.44. The Hall–Kier alpha value is -3.68. The minimum absolute atomic E-state index is 0.0747. The highest BCUT2D eigenvalue weighted by atomic mass is 16.6. The largest absolute Gasteiger partial charge is 0.452 e. The van der Waals surface area contributed by atoms with Crippen molar-refractivity contribution in [2.75, 3.05) is 18.5 Å². The van der Waals surface area contributed by atoms with Gasteiger partial charge >= 0.3 is 12.1 Å². The molecule has 2 aromatic carbocycles. The lowest BCUT2D eigenvalue weighted by atomic mass is 10.1. The molecule has 140 valence electrons. The van der Waals surface area contributed by atoms with Gasteiger partial charge in [0.05, 0.1) is 17.9 Å². The highest BCUT2D eigenvalue weighted by Gasteiger charge is 2.17. The number of hydrogen-bond donors (Lipinski definition) is 2. The van der Waals surface area contributed by atoms with E-state index in [1.54, 1.807) is 49.4 Å². The van der Waals surface area contributed by atoms with Crippen molar-refractivity contribution in [2.24, 2.45) is 0 Å². The van der Waals surface area contributed by atoms with E-state index in [9.17, 15) is 19.2 Å². The van der Waals surface area contributed by atoms with Crippen molar-refractivity contribution in [2.45, 2.75) is 6.92 Å². The molecule has 0 radical (unpaired) electrons. The van der Waals surface area contributed by atoms with Crippen molar-refractivity contribution in [1.82, 2.24) is 5.32 Å². The van der Waals surface area contributed by atoms with Gasteiger partial charge < -0.3 is 14.8 Å². The van der Waals surface area contributed by atoms with E-state index in [-0.39, 0.29) is 17.9 Å². The van der Waals surface area contributed by atoms with Gasteiger partial charge in [0.25, 0.3) is 11.8 Å². The second-order valence-electron chi connectivity index (χ2n) is 5.21. The minimum Gasteiger partial charge on any atom is -0.452 e. The number of imide groups is 1. The van der Waals surface area contributed by atoms with Crippen LogP contribution in [0.5, 0.6) is 0 Å². The van der Waals surface area contributed by atoms with Gasteiger partial charge in [-0.15, -0.1) is 0 Å². The molecule has 0 bridgehead atoms. The number of rotatable bonds is 6. The molecule has 3 amide bonds. The van der Waals surface area contributed by atoms with Crippen LogP contribution in [0.3, 0.4) is 0 Å². The Kier molecular flexibility index (Phi) is 7.07. The Morgan fingerprint density at radius 3 is 2.26 bits per heavy atom. The lowest BCUT2D eigenvalue weighted by molar-refractivity contribution is -0.123. The van der Waals surface area contributed by atoms with E-state index in [0.717, 1.165) is 0 Å². The summed E-state index contributed by atoms with van der Waals surface area (Å²) in [5.74, 6) is -2.04. The standard InChI is InChI=1S/C19H18N2O6/c1-2-26-19(25)21-16(22)12-27-18(24)14-10-6-7-11-15(14)20-17(23)13-8-4-3-5-9-13/h3-11H,2,12H2,1H3,(H,20,23)(H,21,22,25). The number of anilines is 1. The summed E-state index contributed by atoms with van der Waals surface area (Å²) in [7, 11) is 0. The molecule has 0 saturated heterocycles. The van der Waals surface area contributed by atoms with E-state index in [1.165, 1.54) is 12.1 Å². The third kappa shape index (κ3) is 5.96. The molecular formula is C19H18N2O6. The molecule has 0 heterocycles. The number of ether oxygens (including phenoxy) is 2. The molecule has 0 aliphatic rings. The Balaban J connectivity index is 2.00. The Bertz CT molecular complexity index is 835. The van der Waals surface area contributed by atoms with Crippen LogP contribution in [-0.2, 0) is 14.3 Å². The third-order valence-corrected chi connectivity index (χ3v) is 3.28. The first kappa shape index (κ1) is 19.6. The summed E-state index contributed by atoms with van der Waals surface area (Å²) in [6.45, 7) is 1.02. The van der Waals surface area contributed by atoms with Gasteiger partial charge in [-0.05, 0) is 31.2 Å². The third-order valence-electron chi connectivity index (χ3n) is 3.28. The SMILES string of the molecule is CCOC(=O)NC(=O)COC(=O)c1ccccc1NC(=O)c1ccccc1. The van der Waals surface area contributed by atoms with Crippen molar-refractivity contribution in [3.8, 4) is 0 Å². The van der Waals surface area contributed by atoms with Gasteiger partial charge in [0.2, 0.25) is 0 Å². The van der Waals surface area contributed by atoms with E-state index < -0.39 is 30.5 Å². The maximum Gasteiger partial charge on any atom is 0.413 e. The Morgan fingerprint density at radius 2 is 1.56 bits per heavy atom. The molecule has 0 saturated carbocycles. The minimum atomic E-state index is -0.922. The second-order valence-corrected chi connectivity index (χ2v) is 5.21. The number of amides is 3. The van der Waals surface area contributed by atoms with Crippen molar-refractivity contribution < 1.29 is 28.7 Å². The molecule has 2 rings (SSSR count). The Labute approximate surface area is 155 Å². The topological polar surface area (TPSA) is 111 Å². The van der Waals surface area contributed by atoms with E-state index in [2.05, 4.69) is 10.1 Å². The highest BCUT2D eigenvalue weighted by molar-refractivity contribution is 6.08. The van der Waals surface area contributed by atoms with Crippen LogP contribution in [0.25, 0.3) is 0 Å². The molecule has 2 N–H and O–H groups in total. The summed E-state index contributed by atoms with van der Waals surface area (Å²) >= 11 is 0. The van der Waals surface area contributed by atoms with E-state index >= 15 is 0 Å². The monoisotopic (exact) mass is 370 g/mol. The van der Waals surface area contributed by atoms with Crippen LogP contribution >= 0.6 is 0 Å². The quantitative estimate of drug-likeness (QED) is 0.755. The van der Waals surface area contributed by atoms with Crippen molar-refractivity contribution in [3.05, 3.63) is 65.7 Å². The maximum atomic E-state index is 12.3. The van der Waals surface area contributed by atoms with Gasteiger partial charge in [0, 0.05) is 5.56 Å². The van der Waals surface area contributed by atoms with Gasteiger partial charge in [-0.25, -0.2) is 9.59 Å². The predicted octanol–water partition coefficient (Wildman–Crippen LogP) is 2.37. The fourth-order valence-electron chi connectivity index (χ4n) is 2.08. The first-order valence-corrected chi connectivity index (χ1v) is 8.10. The van der Waals surface area contributed by atoms with Crippen LogP contribution in [-0.4, -0.2) is 37.1 Å². The lowest BCUT2D eigenvalue weighted by Crippen LogP contribution is -2.34. The van der Waals surface area contributed by atoms with E-state index in [4.69, 9.17) is 4.74 Å². The normalized spacial score (nSPS) is 9.81. The Morgan fingerprint density at radius 1 is 0.889 bits per heavy atom. The van der Waals surface area contributed by atoms with Crippen molar-refractivity contribution >= 4 is 29.6 Å². The smallest absolute Gasteiger partial charge is 0.413 e. The molecule has 0 fully saturated rings. The molecule has 8 heteroatoms. The number of para-hydroxylation sites is 1. The summed E-state index contributed by atoms with van der Waals surface area (Å²) in [4.78, 5) is 47.2. The zero-order chi connectivity index (χ0) is 19.6. The van der Waals surface area contributed by atoms with Gasteiger partial charge in [0.15, 0.2) is 6.61 Å².